The van der Waals surface area contributed by atoms with E-state index in [1.54, 1.807) is 49.2 Å². The molecule has 0 aliphatic heterocycles. The smallest absolute Gasteiger partial charge is 0.185 e. The molecule has 0 saturated heterocycles. The summed E-state index contributed by atoms with van der Waals surface area (Å²) in [7, 11) is 1.60. The number of carbonyl (C=O) groups excluding carboxylic acids is 1. The number of hydrogen-bond acceptors (Lipinski definition) is 3. The molecule has 108 valence electrons. The number of ketones is 1. The number of rotatable bonds is 5. The van der Waals surface area contributed by atoms with Gasteiger partial charge in [0.05, 0.1) is 7.11 Å². The third kappa shape index (κ3) is 4.13. The number of carbonyl (C=O) groups is 1. The molecule has 2 aromatic carbocycles. The van der Waals surface area contributed by atoms with Gasteiger partial charge in [0.1, 0.15) is 5.75 Å². The highest BCUT2D eigenvalue weighted by atomic mass is 35.5. The van der Waals surface area contributed by atoms with Gasteiger partial charge in [-0.2, -0.15) is 0 Å². The summed E-state index contributed by atoms with van der Waals surface area (Å²) in [4.78, 5) is 13.2. The second-order valence-electron chi connectivity index (χ2n) is 4.32. The number of benzene rings is 2. The highest BCUT2D eigenvalue weighted by Gasteiger charge is 2.07. The molecule has 0 spiro atoms. The lowest BCUT2D eigenvalue weighted by atomic mass is 10.1. The molecule has 0 aliphatic carbocycles. The minimum Gasteiger partial charge on any atom is -0.496 e. The van der Waals surface area contributed by atoms with Crippen molar-refractivity contribution in [3.05, 3.63) is 64.7 Å². The molecule has 4 heteroatoms. The average molecular weight is 319 g/mol. The Hall–Kier alpha value is -1.71. The van der Waals surface area contributed by atoms with Gasteiger partial charge in [0.2, 0.25) is 0 Å². The Morgan fingerprint density at radius 2 is 2.05 bits per heavy atom. The largest absolute Gasteiger partial charge is 0.496 e. The highest BCUT2D eigenvalue weighted by molar-refractivity contribution is 7.98. The predicted molar refractivity (Wildman–Crippen MR) is 89.6 cm³/mol. The number of methoxy groups -OCH3 is 1. The van der Waals surface area contributed by atoms with E-state index in [2.05, 4.69) is 0 Å². The minimum atomic E-state index is -0.0686. The maximum absolute atomic E-state index is 12.2. The molecular formula is C17H15ClO2S. The summed E-state index contributed by atoms with van der Waals surface area (Å²) in [5.41, 5.74) is 1.49. The van der Waals surface area contributed by atoms with Crippen LogP contribution in [0.1, 0.15) is 15.9 Å². The van der Waals surface area contributed by atoms with Gasteiger partial charge < -0.3 is 4.74 Å². The van der Waals surface area contributed by atoms with Crippen molar-refractivity contribution in [2.24, 2.45) is 0 Å². The van der Waals surface area contributed by atoms with Gasteiger partial charge in [0.25, 0.3) is 0 Å². The molecule has 0 unspecified atom stereocenters. The Morgan fingerprint density at radius 1 is 1.24 bits per heavy atom. The maximum Gasteiger partial charge on any atom is 0.185 e. The zero-order chi connectivity index (χ0) is 15.2. The normalized spacial score (nSPS) is 10.8. The van der Waals surface area contributed by atoms with Crippen LogP contribution in [0.25, 0.3) is 6.08 Å². The summed E-state index contributed by atoms with van der Waals surface area (Å²) >= 11 is 7.50. The van der Waals surface area contributed by atoms with E-state index in [-0.39, 0.29) is 5.78 Å². The standard InChI is InChI=1S/C17H15ClO2S/c1-20-16-11-13(7-9-17(16)21-2)15(19)8-6-12-4-3-5-14(18)10-12/h3-11H,1-2H3. The van der Waals surface area contributed by atoms with Crippen LogP contribution in [0.5, 0.6) is 5.75 Å². The average Bonchev–Trinajstić information content (AvgIpc) is 2.52. The molecule has 2 aromatic rings. The van der Waals surface area contributed by atoms with Crippen LogP contribution in [0, 0.1) is 0 Å². The summed E-state index contributed by atoms with van der Waals surface area (Å²) in [5.74, 6) is 0.644. The van der Waals surface area contributed by atoms with Crippen LogP contribution in [0.3, 0.4) is 0 Å². The molecule has 0 N–H and O–H groups in total. The van der Waals surface area contributed by atoms with Crippen molar-refractivity contribution < 1.29 is 9.53 Å². The van der Waals surface area contributed by atoms with E-state index in [0.29, 0.717) is 16.3 Å². The van der Waals surface area contributed by atoms with Gasteiger partial charge in [-0.15, -0.1) is 11.8 Å². The molecule has 0 saturated carbocycles. The first-order chi connectivity index (χ1) is 10.1. The SMILES string of the molecule is COc1cc(C(=O)C=Cc2cccc(Cl)c2)ccc1SC. The fraction of sp³-hybridized carbons (Fsp3) is 0.118. The van der Waals surface area contributed by atoms with E-state index in [1.165, 1.54) is 0 Å². The minimum absolute atomic E-state index is 0.0686. The molecule has 0 atom stereocenters. The number of thioether (sulfide) groups is 1. The lowest BCUT2D eigenvalue weighted by Gasteiger charge is -2.07. The first-order valence-corrected chi connectivity index (χ1v) is 7.94. The van der Waals surface area contributed by atoms with E-state index in [4.69, 9.17) is 16.3 Å². The predicted octanol–water partition coefficient (Wildman–Crippen LogP) is 4.97. The van der Waals surface area contributed by atoms with Crippen molar-refractivity contribution in [2.75, 3.05) is 13.4 Å². The number of ether oxygens (including phenoxy) is 1. The van der Waals surface area contributed by atoms with Gasteiger partial charge in [-0.05, 0) is 48.2 Å². The zero-order valence-corrected chi connectivity index (χ0v) is 13.4. The molecule has 0 amide bonds. The Kier molecular flexibility index (Phi) is 5.48. The van der Waals surface area contributed by atoms with Crippen LogP contribution < -0.4 is 4.74 Å². The van der Waals surface area contributed by atoms with Gasteiger partial charge in [-0.3, -0.25) is 4.79 Å². The topological polar surface area (TPSA) is 26.3 Å². The third-order valence-electron chi connectivity index (χ3n) is 2.94. The molecule has 2 nitrogen and oxygen atoms in total. The van der Waals surface area contributed by atoms with Crippen LogP contribution in [-0.4, -0.2) is 19.1 Å². The number of halogens is 1. The lowest BCUT2D eigenvalue weighted by molar-refractivity contribution is 0.104. The van der Waals surface area contributed by atoms with Crippen molar-refractivity contribution >= 4 is 35.2 Å². The first-order valence-electron chi connectivity index (χ1n) is 6.34. The fourth-order valence-corrected chi connectivity index (χ4v) is 2.61. The van der Waals surface area contributed by atoms with Crippen molar-refractivity contribution in [1.29, 1.82) is 0 Å². The highest BCUT2D eigenvalue weighted by Crippen LogP contribution is 2.28. The summed E-state index contributed by atoms with van der Waals surface area (Å²) in [6.45, 7) is 0. The van der Waals surface area contributed by atoms with Crippen LogP contribution in [0.4, 0.5) is 0 Å². The number of allylic oxidation sites excluding steroid dienone is 1. The first kappa shape index (κ1) is 15.7. The van der Waals surface area contributed by atoms with Gasteiger partial charge >= 0.3 is 0 Å². The second-order valence-corrected chi connectivity index (χ2v) is 5.61. The van der Waals surface area contributed by atoms with Crippen LogP contribution in [0.2, 0.25) is 5.02 Å². The van der Waals surface area contributed by atoms with Gasteiger partial charge in [-0.25, -0.2) is 0 Å². The van der Waals surface area contributed by atoms with E-state index in [1.807, 2.05) is 30.5 Å². The molecule has 0 radical (unpaired) electrons. The van der Waals surface area contributed by atoms with Crippen LogP contribution >= 0.6 is 23.4 Å². The summed E-state index contributed by atoms with van der Waals surface area (Å²) in [6, 6.07) is 12.8. The van der Waals surface area contributed by atoms with E-state index >= 15 is 0 Å². The Bertz CT molecular complexity index is 680. The third-order valence-corrected chi connectivity index (χ3v) is 3.96. The van der Waals surface area contributed by atoms with Gasteiger partial charge in [0, 0.05) is 15.5 Å². The molecule has 0 aromatic heterocycles. The zero-order valence-electron chi connectivity index (χ0n) is 11.8. The van der Waals surface area contributed by atoms with E-state index in [9.17, 15) is 4.79 Å². The molecule has 0 bridgehead atoms. The molecule has 2 rings (SSSR count). The Morgan fingerprint density at radius 3 is 2.71 bits per heavy atom. The Balaban J connectivity index is 2.20. The maximum atomic E-state index is 12.2. The fourth-order valence-electron chi connectivity index (χ4n) is 1.87. The second kappa shape index (κ2) is 7.34. The quantitative estimate of drug-likeness (QED) is 0.442. The van der Waals surface area contributed by atoms with Crippen LogP contribution in [0.15, 0.2) is 53.4 Å². The van der Waals surface area contributed by atoms with Crippen molar-refractivity contribution in [3.63, 3.8) is 0 Å². The monoisotopic (exact) mass is 318 g/mol. The lowest BCUT2D eigenvalue weighted by Crippen LogP contribution is -1.96. The van der Waals surface area contributed by atoms with Gasteiger partial charge in [0.15, 0.2) is 5.78 Å². The molecule has 21 heavy (non-hydrogen) atoms. The van der Waals surface area contributed by atoms with E-state index in [0.717, 1.165) is 10.5 Å². The van der Waals surface area contributed by atoms with Crippen molar-refractivity contribution in [3.8, 4) is 5.75 Å². The van der Waals surface area contributed by atoms with Gasteiger partial charge in [-0.1, -0.05) is 29.8 Å². The Labute approximate surface area is 133 Å². The summed E-state index contributed by atoms with van der Waals surface area (Å²) < 4.78 is 5.29. The van der Waals surface area contributed by atoms with Crippen LogP contribution in [-0.2, 0) is 0 Å². The van der Waals surface area contributed by atoms with Crippen molar-refractivity contribution in [1.82, 2.24) is 0 Å². The number of hydrogen-bond donors (Lipinski definition) is 0. The van der Waals surface area contributed by atoms with E-state index < -0.39 is 0 Å². The summed E-state index contributed by atoms with van der Waals surface area (Å²) in [5, 5.41) is 0.649. The summed E-state index contributed by atoms with van der Waals surface area (Å²) in [6.07, 6.45) is 5.26. The molecule has 0 heterocycles. The van der Waals surface area contributed by atoms with Crippen molar-refractivity contribution in [2.45, 2.75) is 4.90 Å². The molecule has 0 fully saturated rings. The molecule has 0 aliphatic rings. The molecular weight excluding hydrogens is 304 g/mol.